The molecule has 1 N–H and O–H groups in total. The van der Waals surface area contributed by atoms with Crippen molar-refractivity contribution in [1.82, 2.24) is 9.97 Å². The van der Waals surface area contributed by atoms with Crippen LogP contribution in [0.1, 0.15) is 28.6 Å². The summed E-state index contributed by atoms with van der Waals surface area (Å²) in [5, 5.41) is 0. The van der Waals surface area contributed by atoms with Crippen LogP contribution in [0.5, 0.6) is 0 Å². The Morgan fingerprint density at radius 1 is 0.842 bits per heavy atom. The summed E-state index contributed by atoms with van der Waals surface area (Å²) in [6.45, 7) is 2.03. The van der Waals surface area contributed by atoms with Gasteiger partial charge in [-0.25, -0.2) is 4.98 Å². The number of aromatic nitrogens is 2. The van der Waals surface area contributed by atoms with E-state index in [0.29, 0.717) is 0 Å². The standard InChI is InChI=1S/C17H16N2/c1-13-12-18-17(19-13)16(14-8-4-2-5-9-14)15-10-6-3-7-11-15/h2-12,16H,1H3,(H,18,19). The quantitative estimate of drug-likeness (QED) is 0.748. The molecule has 3 aromatic rings. The van der Waals surface area contributed by atoms with Crippen LogP contribution in [-0.2, 0) is 0 Å². The molecule has 0 atom stereocenters. The number of hydrogen-bond donors (Lipinski definition) is 1. The minimum atomic E-state index is 0.163. The molecule has 2 heteroatoms. The maximum atomic E-state index is 4.51. The van der Waals surface area contributed by atoms with Gasteiger partial charge < -0.3 is 4.98 Å². The van der Waals surface area contributed by atoms with E-state index in [4.69, 9.17) is 0 Å². The third-order valence-electron chi connectivity index (χ3n) is 3.26. The summed E-state index contributed by atoms with van der Waals surface area (Å²) in [5.41, 5.74) is 3.60. The first-order valence-corrected chi connectivity index (χ1v) is 6.46. The Kier molecular flexibility index (Phi) is 3.15. The summed E-state index contributed by atoms with van der Waals surface area (Å²) in [4.78, 5) is 7.88. The average molecular weight is 248 g/mol. The maximum absolute atomic E-state index is 4.51. The van der Waals surface area contributed by atoms with Gasteiger partial charge in [0.15, 0.2) is 0 Å². The molecule has 2 nitrogen and oxygen atoms in total. The first-order valence-electron chi connectivity index (χ1n) is 6.46. The van der Waals surface area contributed by atoms with Crippen LogP contribution in [0.3, 0.4) is 0 Å². The molecule has 0 amide bonds. The second kappa shape index (κ2) is 5.11. The Hall–Kier alpha value is -2.35. The van der Waals surface area contributed by atoms with E-state index in [1.54, 1.807) is 0 Å². The number of benzene rings is 2. The van der Waals surface area contributed by atoms with Crippen LogP contribution in [0.15, 0.2) is 66.9 Å². The average Bonchev–Trinajstić information content (AvgIpc) is 2.88. The second-order valence-electron chi connectivity index (χ2n) is 4.71. The van der Waals surface area contributed by atoms with Crippen molar-refractivity contribution in [3.63, 3.8) is 0 Å². The summed E-state index contributed by atoms with van der Waals surface area (Å²) >= 11 is 0. The number of aryl methyl sites for hydroxylation is 1. The van der Waals surface area contributed by atoms with Crippen LogP contribution in [0.4, 0.5) is 0 Å². The van der Waals surface area contributed by atoms with Gasteiger partial charge in [0, 0.05) is 11.9 Å². The number of imidazole rings is 1. The molecule has 2 aromatic carbocycles. The van der Waals surface area contributed by atoms with Crippen molar-refractivity contribution in [3.8, 4) is 0 Å². The third-order valence-corrected chi connectivity index (χ3v) is 3.26. The van der Waals surface area contributed by atoms with E-state index in [1.807, 2.05) is 25.3 Å². The van der Waals surface area contributed by atoms with E-state index in [-0.39, 0.29) is 5.92 Å². The summed E-state index contributed by atoms with van der Waals surface area (Å²) < 4.78 is 0. The zero-order valence-electron chi connectivity index (χ0n) is 10.9. The fourth-order valence-corrected chi connectivity index (χ4v) is 2.38. The van der Waals surface area contributed by atoms with E-state index in [2.05, 4.69) is 58.5 Å². The van der Waals surface area contributed by atoms with Crippen LogP contribution in [0.25, 0.3) is 0 Å². The highest BCUT2D eigenvalue weighted by Gasteiger charge is 2.18. The van der Waals surface area contributed by atoms with Gasteiger partial charge in [0.05, 0.1) is 5.92 Å². The van der Waals surface area contributed by atoms with Gasteiger partial charge in [0.1, 0.15) is 5.82 Å². The van der Waals surface area contributed by atoms with Crippen molar-refractivity contribution >= 4 is 0 Å². The number of aromatic amines is 1. The number of rotatable bonds is 3. The van der Waals surface area contributed by atoms with Crippen LogP contribution in [0, 0.1) is 6.92 Å². The van der Waals surface area contributed by atoms with Gasteiger partial charge in [-0.1, -0.05) is 60.7 Å². The number of nitrogens with zero attached hydrogens (tertiary/aromatic N) is 1. The van der Waals surface area contributed by atoms with Crippen molar-refractivity contribution < 1.29 is 0 Å². The van der Waals surface area contributed by atoms with Crippen LogP contribution in [-0.4, -0.2) is 9.97 Å². The molecular weight excluding hydrogens is 232 g/mol. The fraction of sp³-hybridized carbons (Fsp3) is 0.118. The molecule has 0 radical (unpaired) electrons. The molecule has 0 fully saturated rings. The minimum absolute atomic E-state index is 0.163. The summed E-state index contributed by atoms with van der Waals surface area (Å²) in [6.07, 6.45) is 1.88. The van der Waals surface area contributed by atoms with Gasteiger partial charge in [0.25, 0.3) is 0 Å². The Morgan fingerprint density at radius 2 is 1.37 bits per heavy atom. The Balaban J connectivity index is 2.11. The number of hydrogen-bond acceptors (Lipinski definition) is 1. The van der Waals surface area contributed by atoms with Gasteiger partial charge in [0.2, 0.25) is 0 Å². The first kappa shape index (κ1) is 11.7. The Bertz CT molecular complexity index is 602. The third kappa shape index (κ3) is 2.43. The van der Waals surface area contributed by atoms with Crippen molar-refractivity contribution in [2.75, 3.05) is 0 Å². The molecular formula is C17H16N2. The molecule has 1 heterocycles. The molecule has 0 saturated carbocycles. The molecule has 0 unspecified atom stereocenters. The topological polar surface area (TPSA) is 28.7 Å². The molecule has 19 heavy (non-hydrogen) atoms. The SMILES string of the molecule is Cc1cnc(C(c2ccccc2)c2ccccc2)[nH]1. The van der Waals surface area contributed by atoms with Gasteiger partial charge in [-0.3, -0.25) is 0 Å². The predicted octanol–water partition coefficient (Wildman–Crippen LogP) is 3.90. The van der Waals surface area contributed by atoms with Crippen LogP contribution < -0.4 is 0 Å². The Labute approximate surface area is 113 Å². The molecule has 0 aliphatic carbocycles. The lowest BCUT2D eigenvalue weighted by Gasteiger charge is -2.15. The smallest absolute Gasteiger partial charge is 0.118 e. The second-order valence-corrected chi connectivity index (χ2v) is 4.71. The van der Waals surface area contributed by atoms with Crippen molar-refractivity contribution in [3.05, 3.63) is 89.5 Å². The van der Waals surface area contributed by atoms with Gasteiger partial charge in [-0.2, -0.15) is 0 Å². The zero-order valence-corrected chi connectivity index (χ0v) is 10.9. The van der Waals surface area contributed by atoms with E-state index >= 15 is 0 Å². The normalized spacial score (nSPS) is 10.8. The van der Waals surface area contributed by atoms with Gasteiger partial charge in [-0.15, -0.1) is 0 Å². The van der Waals surface area contributed by atoms with E-state index in [0.717, 1.165) is 11.5 Å². The monoisotopic (exact) mass is 248 g/mol. The first-order chi connectivity index (χ1) is 9.34. The van der Waals surface area contributed by atoms with Crippen LogP contribution >= 0.6 is 0 Å². The summed E-state index contributed by atoms with van der Waals surface area (Å²) in [5.74, 6) is 1.16. The maximum Gasteiger partial charge on any atom is 0.118 e. The molecule has 0 aliphatic rings. The summed E-state index contributed by atoms with van der Waals surface area (Å²) in [6, 6.07) is 21.0. The lowest BCUT2D eigenvalue weighted by molar-refractivity contribution is 0.880. The van der Waals surface area contributed by atoms with Gasteiger partial charge >= 0.3 is 0 Å². The molecule has 3 rings (SSSR count). The molecule has 94 valence electrons. The largest absolute Gasteiger partial charge is 0.345 e. The molecule has 0 bridgehead atoms. The lowest BCUT2D eigenvalue weighted by Crippen LogP contribution is -2.05. The highest BCUT2D eigenvalue weighted by atomic mass is 14.9. The molecule has 0 saturated heterocycles. The number of H-pyrrole nitrogens is 1. The lowest BCUT2D eigenvalue weighted by atomic mass is 9.91. The summed E-state index contributed by atoms with van der Waals surface area (Å²) in [7, 11) is 0. The van der Waals surface area contributed by atoms with Crippen molar-refractivity contribution in [2.45, 2.75) is 12.8 Å². The minimum Gasteiger partial charge on any atom is -0.345 e. The van der Waals surface area contributed by atoms with E-state index < -0.39 is 0 Å². The van der Waals surface area contributed by atoms with Crippen LogP contribution in [0.2, 0.25) is 0 Å². The fourth-order valence-electron chi connectivity index (χ4n) is 2.38. The Morgan fingerprint density at radius 3 is 1.79 bits per heavy atom. The van der Waals surface area contributed by atoms with Crippen molar-refractivity contribution in [2.24, 2.45) is 0 Å². The number of nitrogens with one attached hydrogen (secondary N) is 1. The molecule has 0 aliphatic heterocycles. The molecule has 1 aromatic heterocycles. The highest BCUT2D eigenvalue weighted by Crippen LogP contribution is 2.29. The predicted molar refractivity (Wildman–Crippen MR) is 77.2 cm³/mol. The molecule has 0 spiro atoms. The van der Waals surface area contributed by atoms with Gasteiger partial charge in [-0.05, 0) is 18.1 Å². The zero-order chi connectivity index (χ0) is 13.1. The van der Waals surface area contributed by atoms with E-state index in [1.165, 1.54) is 11.1 Å². The van der Waals surface area contributed by atoms with Crippen molar-refractivity contribution in [1.29, 1.82) is 0 Å². The highest BCUT2D eigenvalue weighted by molar-refractivity contribution is 5.38. The van der Waals surface area contributed by atoms with E-state index in [9.17, 15) is 0 Å².